The van der Waals surface area contributed by atoms with E-state index in [0.29, 0.717) is 5.69 Å². The van der Waals surface area contributed by atoms with Crippen LogP contribution in [0.1, 0.15) is 37.1 Å². The normalized spacial score (nSPS) is 11.4. The number of anilines is 1. The van der Waals surface area contributed by atoms with Gasteiger partial charge in [-0.1, -0.05) is 20.8 Å². The van der Waals surface area contributed by atoms with Crippen molar-refractivity contribution < 1.29 is 9.90 Å². The third-order valence-corrected chi connectivity index (χ3v) is 1.71. The number of rotatable bonds is 1. The van der Waals surface area contributed by atoms with E-state index in [1.54, 1.807) is 6.07 Å². The van der Waals surface area contributed by atoms with Crippen molar-refractivity contribution in [3.05, 3.63) is 17.6 Å². The molecule has 0 fully saturated rings. The Balaban J connectivity index is 3.28. The van der Waals surface area contributed by atoms with E-state index in [1.807, 2.05) is 20.8 Å². The van der Waals surface area contributed by atoms with Crippen molar-refractivity contribution in [3.63, 3.8) is 0 Å². The lowest BCUT2D eigenvalue weighted by atomic mass is 9.92. The molecular formula is C9H13N3O2. The highest BCUT2D eigenvalue weighted by Crippen LogP contribution is 2.21. The van der Waals surface area contributed by atoms with Crippen molar-refractivity contribution in [3.8, 4) is 0 Å². The summed E-state index contributed by atoms with van der Waals surface area (Å²) in [5.41, 5.74) is 5.87. The maximum absolute atomic E-state index is 10.7. The molecule has 0 saturated heterocycles. The van der Waals surface area contributed by atoms with Crippen molar-refractivity contribution in [2.75, 3.05) is 5.73 Å². The molecule has 5 nitrogen and oxygen atoms in total. The maximum atomic E-state index is 10.7. The van der Waals surface area contributed by atoms with Crippen LogP contribution in [0.25, 0.3) is 0 Å². The van der Waals surface area contributed by atoms with E-state index < -0.39 is 5.97 Å². The van der Waals surface area contributed by atoms with Gasteiger partial charge in [-0.15, -0.1) is 0 Å². The third-order valence-electron chi connectivity index (χ3n) is 1.71. The van der Waals surface area contributed by atoms with Crippen LogP contribution in [0.3, 0.4) is 0 Å². The topological polar surface area (TPSA) is 89.1 Å². The molecule has 1 aromatic rings. The van der Waals surface area contributed by atoms with E-state index in [9.17, 15) is 4.79 Å². The Hall–Kier alpha value is -1.65. The molecular weight excluding hydrogens is 182 g/mol. The molecule has 3 N–H and O–H groups in total. The minimum Gasteiger partial charge on any atom is -0.475 e. The van der Waals surface area contributed by atoms with Gasteiger partial charge in [0.05, 0.1) is 5.69 Å². The number of nitrogen functional groups attached to an aromatic ring is 1. The smallest absolute Gasteiger partial charge is 0.374 e. The van der Waals surface area contributed by atoms with E-state index in [1.165, 1.54) is 0 Å². The van der Waals surface area contributed by atoms with Gasteiger partial charge in [0.25, 0.3) is 0 Å². The average Bonchev–Trinajstić information content (AvgIpc) is 2.01. The van der Waals surface area contributed by atoms with Gasteiger partial charge in [-0.05, 0) is 0 Å². The summed E-state index contributed by atoms with van der Waals surface area (Å²) in [5, 5.41) is 8.72. The highest BCUT2D eigenvalue weighted by Gasteiger charge is 2.19. The first-order valence-electron chi connectivity index (χ1n) is 4.19. The van der Waals surface area contributed by atoms with Gasteiger partial charge in [-0.3, -0.25) is 0 Å². The molecule has 14 heavy (non-hydrogen) atoms. The Morgan fingerprint density at radius 1 is 1.43 bits per heavy atom. The summed E-state index contributed by atoms with van der Waals surface area (Å²) >= 11 is 0. The molecule has 0 aromatic carbocycles. The third kappa shape index (κ3) is 2.18. The zero-order valence-corrected chi connectivity index (χ0v) is 8.40. The van der Waals surface area contributed by atoms with Crippen LogP contribution in [0.2, 0.25) is 0 Å². The molecule has 0 atom stereocenters. The van der Waals surface area contributed by atoms with Gasteiger partial charge in [0.2, 0.25) is 5.82 Å². The fourth-order valence-corrected chi connectivity index (χ4v) is 0.946. The van der Waals surface area contributed by atoms with Gasteiger partial charge in [0, 0.05) is 11.5 Å². The van der Waals surface area contributed by atoms with Crippen LogP contribution in [-0.2, 0) is 5.41 Å². The number of hydrogen-bond donors (Lipinski definition) is 2. The van der Waals surface area contributed by atoms with Crippen LogP contribution in [-0.4, -0.2) is 21.0 Å². The zero-order valence-electron chi connectivity index (χ0n) is 8.40. The zero-order chi connectivity index (χ0) is 10.9. The molecule has 0 aliphatic carbocycles. The summed E-state index contributed by atoms with van der Waals surface area (Å²) in [6.45, 7) is 5.79. The predicted octanol–water partition coefficient (Wildman–Crippen LogP) is 1.05. The number of carboxylic acid groups (broad SMARTS) is 1. The first kappa shape index (κ1) is 10.4. The number of carboxylic acids is 1. The minimum atomic E-state index is -1.16. The Morgan fingerprint density at radius 3 is 2.43 bits per heavy atom. The molecule has 0 amide bonds. The molecule has 0 radical (unpaired) electrons. The molecule has 76 valence electrons. The Labute approximate surface area is 82.0 Å². The summed E-state index contributed by atoms with van der Waals surface area (Å²) in [6.07, 6.45) is 0. The Bertz CT molecular complexity index is 369. The van der Waals surface area contributed by atoms with E-state index >= 15 is 0 Å². The summed E-state index contributed by atoms with van der Waals surface area (Å²) in [7, 11) is 0. The lowest BCUT2D eigenvalue weighted by Crippen LogP contribution is -2.18. The summed E-state index contributed by atoms with van der Waals surface area (Å²) in [5.74, 6) is -1.24. The van der Waals surface area contributed by atoms with Crippen LogP contribution in [0.4, 0.5) is 5.82 Å². The first-order valence-corrected chi connectivity index (χ1v) is 4.19. The van der Waals surface area contributed by atoms with Crippen LogP contribution < -0.4 is 5.73 Å². The first-order chi connectivity index (χ1) is 6.30. The van der Waals surface area contributed by atoms with E-state index in [-0.39, 0.29) is 17.1 Å². The monoisotopic (exact) mass is 195 g/mol. The maximum Gasteiger partial charge on any atom is 0.374 e. The lowest BCUT2D eigenvalue weighted by Gasteiger charge is -2.17. The second-order valence-corrected chi connectivity index (χ2v) is 4.06. The molecule has 0 bridgehead atoms. The molecule has 0 spiro atoms. The average molecular weight is 195 g/mol. The van der Waals surface area contributed by atoms with Crippen LogP contribution in [0, 0.1) is 0 Å². The lowest BCUT2D eigenvalue weighted by molar-refractivity contribution is 0.0683. The van der Waals surface area contributed by atoms with Crippen molar-refractivity contribution in [2.45, 2.75) is 26.2 Å². The minimum absolute atomic E-state index is 0.183. The number of nitrogens with zero attached hydrogens (tertiary/aromatic N) is 2. The fourth-order valence-electron chi connectivity index (χ4n) is 0.946. The standard InChI is InChI=1S/C9H13N3O2/c1-9(2,3)5-4-6(10)12-7(11-5)8(13)14/h4H,1-3H3,(H,13,14)(H2,10,11,12). The number of hydrogen-bond acceptors (Lipinski definition) is 4. The SMILES string of the molecule is CC(C)(C)c1cc(N)nc(C(=O)O)n1. The largest absolute Gasteiger partial charge is 0.475 e. The number of carbonyl (C=O) groups is 1. The second kappa shape index (κ2) is 3.25. The fraction of sp³-hybridized carbons (Fsp3) is 0.444. The number of nitrogens with two attached hydrogens (primary N) is 1. The molecule has 1 rings (SSSR count). The molecule has 0 aliphatic rings. The summed E-state index contributed by atoms with van der Waals surface area (Å²) < 4.78 is 0. The summed E-state index contributed by atoms with van der Waals surface area (Å²) in [6, 6.07) is 1.59. The van der Waals surface area contributed by atoms with Gasteiger partial charge in [0.15, 0.2) is 0 Å². The molecule has 0 unspecified atom stereocenters. The van der Waals surface area contributed by atoms with Gasteiger partial charge >= 0.3 is 5.97 Å². The van der Waals surface area contributed by atoms with Crippen LogP contribution in [0.15, 0.2) is 6.07 Å². The molecule has 0 saturated carbocycles. The van der Waals surface area contributed by atoms with Gasteiger partial charge in [0.1, 0.15) is 5.82 Å². The van der Waals surface area contributed by atoms with Crippen molar-refractivity contribution >= 4 is 11.8 Å². The van der Waals surface area contributed by atoms with E-state index in [2.05, 4.69) is 9.97 Å². The summed E-state index contributed by atoms with van der Waals surface area (Å²) in [4.78, 5) is 18.2. The Kier molecular flexibility index (Phi) is 2.42. The van der Waals surface area contributed by atoms with Crippen molar-refractivity contribution in [1.29, 1.82) is 0 Å². The van der Waals surface area contributed by atoms with Gasteiger partial charge < -0.3 is 10.8 Å². The molecule has 0 aliphatic heterocycles. The van der Waals surface area contributed by atoms with Crippen LogP contribution in [0.5, 0.6) is 0 Å². The van der Waals surface area contributed by atoms with Gasteiger partial charge in [-0.2, -0.15) is 0 Å². The van der Waals surface area contributed by atoms with E-state index in [0.717, 1.165) is 0 Å². The predicted molar refractivity (Wildman–Crippen MR) is 52.1 cm³/mol. The Morgan fingerprint density at radius 2 is 2.00 bits per heavy atom. The highest BCUT2D eigenvalue weighted by atomic mass is 16.4. The van der Waals surface area contributed by atoms with Gasteiger partial charge in [-0.25, -0.2) is 14.8 Å². The van der Waals surface area contributed by atoms with Crippen molar-refractivity contribution in [2.24, 2.45) is 0 Å². The highest BCUT2D eigenvalue weighted by molar-refractivity contribution is 5.83. The number of aromatic carboxylic acids is 1. The number of aromatic nitrogens is 2. The molecule has 1 heterocycles. The molecule has 5 heteroatoms. The quantitative estimate of drug-likeness (QED) is 0.699. The van der Waals surface area contributed by atoms with Crippen molar-refractivity contribution in [1.82, 2.24) is 9.97 Å². The second-order valence-electron chi connectivity index (χ2n) is 4.06. The van der Waals surface area contributed by atoms with E-state index in [4.69, 9.17) is 10.8 Å². The van der Waals surface area contributed by atoms with Crippen LogP contribution >= 0.6 is 0 Å². The molecule has 1 aromatic heterocycles.